The van der Waals surface area contributed by atoms with Crippen molar-refractivity contribution in [2.75, 3.05) is 32.8 Å². The number of hydrogen-bond donors (Lipinski definition) is 0. The van der Waals surface area contributed by atoms with E-state index < -0.39 is 0 Å². The molecular weight excluding hydrogens is 328 g/mol. The molecule has 0 radical (unpaired) electrons. The van der Waals surface area contributed by atoms with Crippen molar-refractivity contribution in [3.63, 3.8) is 0 Å². The molecule has 1 amide bonds. The molecule has 0 atom stereocenters. The van der Waals surface area contributed by atoms with Crippen LogP contribution in [0.3, 0.4) is 0 Å². The van der Waals surface area contributed by atoms with Crippen LogP contribution in [0.2, 0.25) is 0 Å². The van der Waals surface area contributed by atoms with Crippen LogP contribution in [-0.2, 0) is 9.53 Å². The van der Waals surface area contributed by atoms with Crippen molar-refractivity contribution in [1.82, 2.24) is 9.80 Å². The molecule has 2 aliphatic heterocycles. The van der Waals surface area contributed by atoms with Crippen LogP contribution in [0, 0.1) is 11.3 Å². The number of nitrogens with zero attached hydrogens (tertiary/aromatic N) is 2. The van der Waals surface area contributed by atoms with Gasteiger partial charge in [0.1, 0.15) is 0 Å². The van der Waals surface area contributed by atoms with Crippen LogP contribution in [-0.4, -0.2) is 60.5 Å². The van der Waals surface area contributed by atoms with Crippen molar-refractivity contribution in [3.05, 3.63) is 23.8 Å². The van der Waals surface area contributed by atoms with Crippen molar-refractivity contribution in [2.24, 2.45) is 11.3 Å². The van der Waals surface area contributed by atoms with E-state index in [9.17, 15) is 9.59 Å². The maximum absolute atomic E-state index is 12.1. The van der Waals surface area contributed by atoms with Gasteiger partial charge in [0.2, 0.25) is 0 Å². The van der Waals surface area contributed by atoms with Crippen LogP contribution in [0.1, 0.15) is 45.4 Å². The summed E-state index contributed by atoms with van der Waals surface area (Å²) in [7, 11) is 0. The molecule has 0 bridgehead atoms. The zero-order chi connectivity index (χ0) is 18.1. The van der Waals surface area contributed by atoms with Crippen molar-refractivity contribution in [1.29, 1.82) is 0 Å². The summed E-state index contributed by atoms with van der Waals surface area (Å²) >= 11 is 0. The number of carbonyl (C=O) groups excluding carboxylic acids is 2. The lowest BCUT2D eigenvalue weighted by Gasteiger charge is -2.51. The molecule has 3 fully saturated rings. The summed E-state index contributed by atoms with van der Waals surface area (Å²) in [6.07, 6.45) is 12.2. The fraction of sp³-hybridized carbons (Fsp3) is 0.714. The number of carbonyl (C=O) groups is 2. The lowest BCUT2D eigenvalue weighted by Crippen LogP contribution is -2.54. The van der Waals surface area contributed by atoms with Crippen molar-refractivity contribution < 1.29 is 14.3 Å². The van der Waals surface area contributed by atoms with Gasteiger partial charge in [-0.2, -0.15) is 0 Å². The predicted octanol–water partition coefficient (Wildman–Crippen LogP) is 3.16. The van der Waals surface area contributed by atoms with Gasteiger partial charge < -0.3 is 14.5 Å². The third-order valence-corrected chi connectivity index (χ3v) is 6.82. The molecule has 2 heterocycles. The summed E-state index contributed by atoms with van der Waals surface area (Å²) in [5.74, 6) is 0.766. The van der Waals surface area contributed by atoms with Crippen LogP contribution in [0.15, 0.2) is 23.8 Å². The first-order valence-electron chi connectivity index (χ1n) is 10.2. The Morgan fingerprint density at radius 1 is 1.27 bits per heavy atom. The van der Waals surface area contributed by atoms with E-state index in [1.54, 1.807) is 0 Å². The Bertz CT molecular complexity index is 625. The minimum atomic E-state index is -0.145. The number of piperidine rings is 1. The first-order valence-corrected chi connectivity index (χ1v) is 10.2. The number of Topliss-reactive ketones (excluding diaryl/α,β-unsaturated/α-hetero) is 1. The Labute approximate surface area is 156 Å². The second-order valence-electron chi connectivity index (χ2n) is 8.42. The van der Waals surface area contributed by atoms with E-state index in [4.69, 9.17) is 4.74 Å². The highest BCUT2D eigenvalue weighted by Crippen LogP contribution is 2.50. The van der Waals surface area contributed by atoms with Crippen molar-refractivity contribution in [2.45, 2.75) is 51.5 Å². The van der Waals surface area contributed by atoms with Gasteiger partial charge in [-0.25, -0.2) is 4.79 Å². The van der Waals surface area contributed by atoms with Gasteiger partial charge >= 0.3 is 6.09 Å². The second kappa shape index (κ2) is 7.18. The monoisotopic (exact) mass is 358 g/mol. The topological polar surface area (TPSA) is 49.9 Å². The Hall–Kier alpha value is -1.62. The molecule has 4 rings (SSSR count). The minimum absolute atomic E-state index is 0.145. The maximum Gasteiger partial charge on any atom is 0.409 e. The lowest BCUT2D eigenvalue weighted by molar-refractivity contribution is -0.115. The first kappa shape index (κ1) is 17.8. The van der Waals surface area contributed by atoms with Gasteiger partial charge in [-0.1, -0.05) is 18.2 Å². The fourth-order valence-corrected chi connectivity index (χ4v) is 5.33. The molecule has 4 aliphatic rings. The minimum Gasteiger partial charge on any atom is -0.450 e. The van der Waals surface area contributed by atoms with Gasteiger partial charge in [0.15, 0.2) is 5.78 Å². The second-order valence-corrected chi connectivity index (χ2v) is 8.42. The Balaban J connectivity index is 1.25. The number of ether oxygens (including phenoxy) is 1. The van der Waals surface area contributed by atoms with Gasteiger partial charge in [-0.3, -0.25) is 4.79 Å². The van der Waals surface area contributed by atoms with E-state index in [1.807, 2.05) is 30.1 Å². The van der Waals surface area contributed by atoms with E-state index in [0.717, 1.165) is 51.0 Å². The van der Waals surface area contributed by atoms with Crippen LogP contribution in [0.5, 0.6) is 0 Å². The lowest BCUT2D eigenvalue weighted by atomic mass is 9.64. The standard InChI is InChI=1S/C21H30N2O3/c1-2-26-20(25)23-12-9-21(15-23)13-17(14-21)22-10-7-16(8-11-22)18-5-3-4-6-19(18)24/h3-5,16-17H,2,6-15H2,1H3. The first-order chi connectivity index (χ1) is 12.6. The van der Waals surface area contributed by atoms with Gasteiger partial charge in [0.25, 0.3) is 0 Å². The quantitative estimate of drug-likeness (QED) is 0.778. The summed E-state index contributed by atoms with van der Waals surface area (Å²) in [6, 6.07) is 0.661. The third kappa shape index (κ3) is 3.34. The number of amides is 1. The molecule has 0 N–H and O–H groups in total. The van der Waals surface area contributed by atoms with Crippen molar-refractivity contribution in [3.8, 4) is 0 Å². The average molecular weight is 358 g/mol. The SMILES string of the molecule is CCOC(=O)N1CCC2(CC(N3CCC(C4=CC=CCC4=O)CC3)C2)C1. The van der Waals surface area contributed by atoms with Crippen LogP contribution in [0.25, 0.3) is 0 Å². The molecule has 5 nitrogen and oxygen atoms in total. The number of ketones is 1. The molecule has 26 heavy (non-hydrogen) atoms. The molecule has 0 unspecified atom stereocenters. The van der Waals surface area contributed by atoms with Crippen LogP contribution >= 0.6 is 0 Å². The summed E-state index contributed by atoms with van der Waals surface area (Å²) < 4.78 is 5.15. The highest BCUT2D eigenvalue weighted by atomic mass is 16.6. The molecular formula is C21H30N2O3. The Morgan fingerprint density at radius 3 is 2.73 bits per heavy atom. The summed E-state index contributed by atoms with van der Waals surface area (Å²) in [5.41, 5.74) is 1.39. The smallest absolute Gasteiger partial charge is 0.409 e. The molecule has 0 aromatic carbocycles. The van der Waals surface area contributed by atoms with Crippen LogP contribution < -0.4 is 0 Å². The van der Waals surface area contributed by atoms with E-state index in [1.165, 1.54) is 12.8 Å². The molecule has 0 aromatic rings. The zero-order valence-corrected chi connectivity index (χ0v) is 15.8. The number of likely N-dealkylation sites (tertiary alicyclic amines) is 2. The van der Waals surface area contributed by atoms with Gasteiger partial charge in [0.05, 0.1) is 6.61 Å². The van der Waals surface area contributed by atoms with Crippen molar-refractivity contribution >= 4 is 11.9 Å². The Kier molecular flexibility index (Phi) is 4.91. The number of allylic oxidation sites excluding steroid dienone is 4. The van der Waals surface area contributed by atoms with Gasteiger partial charge in [-0.05, 0) is 69.0 Å². The maximum atomic E-state index is 12.1. The van der Waals surface area contributed by atoms with E-state index in [0.29, 0.717) is 36.2 Å². The molecule has 2 aliphatic carbocycles. The Morgan fingerprint density at radius 2 is 2.04 bits per heavy atom. The molecule has 1 saturated carbocycles. The summed E-state index contributed by atoms with van der Waals surface area (Å²) in [5, 5.41) is 0. The largest absolute Gasteiger partial charge is 0.450 e. The van der Waals surface area contributed by atoms with E-state index in [-0.39, 0.29) is 6.09 Å². The zero-order valence-electron chi connectivity index (χ0n) is 15.8. The molecule has 142 valence electrons. The fourth-order valence-electron chi connectivity index (χ4n) is 5.33. The van der Waals surface area contributed by atoms with Crippen LogP contribution in [0.4, 0.5) is 4.79 Å². The van der Waals surface area contributed by atoms with E-state index >= 15 is 0 Å². The van der Waals surface area contributed by atoms with Gasteiger partial charge in [-0.15, -0.1) is 0 Å². The highest BCUT2D eigenvalue weighted by Gasteiger charge is 2.51. The third-order valence-electron chi connectivity index (χ3n) is 6.82. The summed E-state index contributed by atoms with van der Waals surface area (Å²) in [4.78, 5) is 28.5. The van der Waals surface area contributed by atoms with E-state index in [2.05, 4.69) is 4.90 Å². The number of hydrogen-bond acceptors (Lipinski definition) is 4. The van der Waals surface area contributed by atoms with Gasteiger partial charge in [0, 0.05) is 25.6 Å². The molecule has 5 heteroatoms. The number of rotatable bonds is 3. The summed E-state index contributed by atoms with van der Waals surface area (Å²) in [6.45, 7) is 6.22. The molecule has 2 saturated heterocycles. The molecule has 1 spiro atoms. The normalized spacial score (nSPS) is 32.7. The average Bonchev–Trinajstić information content (AvgIpc) is 3.07. The highest BCUT2D eigenvalue weighted by molar-refractivity contribution is 5.98. The molecule has 0 aromatic heterocycles. The predicted molar refractivity (Wildman–Crippen MR) is 99.8 cm³/mol.